The summed E-state index contributed by atoms with van der Waals surface area (Å²) in [6.45, 7) is 20.4. The van der Waals surface area contributed by atoms with Crippen LogP contribution in [0, 0.1) is 0 Å². The molecule has 0 aromatic carbocycles. The van der Waals surface area contributed by atoms with Crippen LogP contribution in [0.1, 0.15) is 54.4 Å². The van der Waals surface area contributed by atoms with E-state index < -0.39 is 0 Å². The van der Waals surface area contributed by atoms with E-state index in [0.29, 0.717) is 10.1 Å². The molecule has 1 heterocycles. The van der Waals surface area contributed by atoms with Crippen LogP contribution >= 0.6 is 35.0 Å². The van der Waals surface area contributed by atoms with Gasteiger partial charge in [-0.1, -0.05) is 74.1 Å². The molecule has 1 rings (SSSR count). The maximum Gasteiger partial charge on any atom is 0.0687 e. The van der Waals surface area contributed by atoms with Gasteiger partial charge in [0.15, 0.2) is 0 Å². The normalized spacial score (nSPS) is 24.8. The number of halogens is 2. The summed E-state index contributed by atoms with van der Waals surface area (Å²) in [6.07, 6.45) is 7.46. The summed E-state index contributed by atoms with van der Waals surface area (Å²) < 4.78 is 0. The molecule has 3 nitrogen and oxygen atoms in total. The van der Waals surface area contributed by atoms with Crippen molar-refractivity contribution in [1.82, 2.24) is 5.32 Å². The molecule has 0 radical (unpaired) electrons. The van der Waals surface area contributed by atoms with E-state index in [1.54, 1.807) is 13.0 Å². The summed E-state index contributed by atoms with van der Waals surface area (Å²) >= 11 is 13.7. The zero-order chi connectivity index (χ0) is 21.9. The van der Waals surface area contributed by atoms with Gasteiger partial charge in [-0.15, -0.1) is 0 Å². The molecular formula is C22H35Cl2N3S. The first kappa shape index (κ1) is 27.2. The first-order valence-corrected chi connectivity index (χ1v) is 11.1. The van der Waals surface area contributed by atoms with Gasteiger partial charge in [-0.3, -0.25) is 4.99 Å². The Morgan fingerprint density at radius 2 is 1.93 bits per heavy atom. The Balaban J connectivity index is 0.00000352. The van der Waals surface area contributed by atoms with Gasteiger partial charge in [0.25, 0.3) is 0 Å². The number of hydrogen-bond acceptors (Lipinski definition) is 4. The van der Waals surface area contributed by atoms with E-state index in [4.69, 9.17) is 33.9 Å². The number of allylic oxidation sites excluding steroid dienone is 6. The Labute approximate surface area is 185 Å². The molecular weight excluding hydrogens is 409 g/mol. The molecule has 2 atom stereocenters. The summed E-state index contributed by atoms with van der Waals surface area (Å²) in [5.74, 6) is 0. The zero-order valence-corrected chi connectivity index (χ0v) is 20.4. The smallest absolute Gasteiger partial charge is 0.0687 e. The molecule has 0 saturated carbocycles. The van der Waals surface area contributed by atoms with Gasteiger partial charge in [0, 0.05) is 33.0 Å². The first-order valence-electron chi connectivity index (χ1n) is 9.57. The molecule has 1 aliphatic heterocycles. The molecule has 0 amide bonds. The molecule has 1 saturated heterocycles. The fourth-order valence-electron chi connectivity index (χ4n) is 2.51. The lowest BCUT2D eigenvalue weighted by Crippen LogP contribution is -2.54. The number of nitrogens with two attached hydrogens (primary N) is 1. The Kier molecular flexibility index (Phi) is 13.1. The Bertz CT molecular complexity index is 659. The minimum Gasteiger partial charge on any atom is -0.324 e. The molecule has 0 bridgehead atoms. The minimum absolute atomic E-state index is 0.152. The van der Waals surface area contributed by atoms with Crippen molar-refractivity contribution in [2.45, 2.75) is 66.0 Å². The van der Waals surface area contributed by atoms with E-state index in [1.807, 2.05) is 39.8 Å². The van der Waals surface area contributed by atoms with Gasteiger partial charge in [-0.25, -0.2) is 0 Å². The fraction of sp³-hybridized carbons (Fsp3) is 0.500. The quantitative estimate of drug-likeness (QED) is 0.333. The lowest BCUT2D eigenvalue weighted by Gasteiger charge is -2.35. The van der Waals surface area contributed by atoms with Crippen LogP contribution in [-0.2, 0) is 0 Å². The van der Waals surface area contributed by atoms with Crippen molar-refractivity contribution in [3.63, 3.8) is 0 Å². The average molecular weight is 445 g/mol. The Morgan fingerprint density at radius 3 is 2.36 bits per heavy atom. The molecule has 1 aliphatic rings. The van der Waals surface area contributed by atoms with Crippen LogP contribution in [-0.4, -0.2) is 23.8 Å². The van der Waals surface area contributed by atoms with Crippen molar-refractivity contribution in [2.75, 3.05) is 6.54 Å². The average Bonchev–Trinajstić information content (AvgIpc) is 2.66. The third-order valence-electron chi connectivity index (χ3n) is 4.13. The van der Waals surface area contributed by atoms with Crippen LogP contribution in [0.4, 0.5) is 0 Å². The highest BCUT2D eigenvalue weighted by atomic mass is 35.5. The largest absolute Gasteiger partial charge is 0.324 e. The number of hydrogen-bond donors (Lipinski definition) is 2. The third-order valence-corrected chi connectivity index (χ3v) is 6.12. The van der Waals surface area contributed by atoms with Crippen LogP contribution in [0.2, 0.25) is 0 Å². The van der Waals surface area contributed by atoms with Crippen molar-refractivity contribution in [1.29, 1.82) is 0 Å². The van der Waals surface area contributed by atoms with Crippen LogP contribution in [0.5, 0.6) is 0 Å². The van der Waals surface area contributed by atoms with Crippen molar-refractivity contribution in [3.05, 3.63) is 57.0 Å². The summed E-state index contributed by atoms with van der Waals surface area (Å²) in [7, 11) is 0. The molecule has 1 fully saturated rings. The predicted octanol–water partition coefficient (Wildman–Crippen LogP) is 6.87. The Morgan fingerprint density at radius 1 is 1.32 bits per heavy atom. The molecule has 0 spiro atoms. The number of piperidine rings is 1. The number of aliphatic imine (C=N–C) groups is 1. The van der Waals surface area contributed by atoms with Gasteiger partial charge in [0.05, 0.1) is 16.4 Å². The number of nitrogens with one attached hydrogen (secondary N) is 1. The van der Waals surface area contributed by atoms with Crippen molar-refractivity contribution >= 4 is 40.7 Å². The van der Waals surface area contributed by atoms with Gasteiger partial charge in [-0.2, -0.15) is 0 Å². The van der Waals surface area contributed by atoms with E-state index in [2.05, 4.69) is 25.4 Å². The lowest BCUT2D eigenvalue weighted by atomic mass is 9.89. The summed E-state index contributed by atoms with van der Waals surface area (Å²) in [5.41, 5.74) is 7.89. The van der Waals surface area contributed by atoms with E-state index in [0.717, 1.165) is 40.6 Å². The van der Waals surface area contributed by atoms with Gasteiger partial charge < -0.3 is 11.1 Å². The molecule has 3 N–H and O–H groups in total. The number of thioether (sulfide) groups is 1. The monoisotopic (exact) mass is 443 g/mol. The molecule has 158 valence electrons. The highest BCUT2D eigenvalue weighted by molar-refractivity contribution is 8.07. The van der Waals surface area contributed by atoms with Crippen molar-refractivity contribution in [2.24, 2.45) is 10.7 Å². The zero-order valence-electron chi connectivity index (χ0n) is 18.0. The lowest BCUT2D eigenvalue weighted by molar-refractivity contribution is 0.303. The van der Waals surface area contributed by atoms with E-state index in [9.17, 15) is 0 Å². The van der Waals surface area contributed by atoms with E-state index in [1.165, 1.54) is 11.8 Å². The SMILES string of the molecule is C=C/C=C(SC(=C)C(C)=N/C(=C\C)C1CCC(C)(N)CN1)\C(Cl)=C(/C)Cl.CC. The second-order valence-electron chi connectivity index (χ2n) is 6.68. The molecule has 0 aromatic rings. The summed E-state index contributed by atoms with van der Waals surface area (Å²) in [6, 6.07) is 0.209. The van der Waals surface area contributed by atoms with E-state index in [-0.39, 0.29) is 11.6 Å². The first-order chi connectivity index (χ1) is 13.1. The molecule has 28 heavy (non-hydrogen) atoms. The number of rotatable bonds is 7. The summed E-state index contributed by atoms with van der Waals surface area (Å²) in [5, 5.41) is 4.51. The van der Waals surface area contributed by atoms with Gasteiger partial charge in [-0.05, 0) is 46.6 Å². The summed E-state index contributed by atoms with van der Waals surface area (Å²) in [4.78, 5) is 6.40. The Hall–Kier alpha value is -0.780. The van der Waals surface area contributed by atoms with Gasteiger partial charge >= 0.3 is 0 Å². The molecule has 0 aromatic heterocycles. The van der Waals surface area contributed by atoms with Gasteiger partial charge in [0.1, 0.15) is 0 Å². The highest BCUT2D eigenvalue weighted by Crippen LogP contribution is 2.36. The highest BCUT2D eigenvalue weighted by Gasteiger charge is 2.28. The van der Waals surface area contributed by atoms with Gasteiger partial charge in [0.2, 0.25) is 0 Å². The van der Waals surface area contributed by atoms with Crippen LogP contribution in [0.15, 0.2) is 62.0 Å². The molecule has 6 heteroatoms. The van der Waals surface area contributed by atoms with Crippen LogP contribution in [0.3, 0.4) is 0 Å². The minimum atomic E-state index is -0.152. The topological polar surface area (TPSA) is 50.4 Å². The van der Waals surface area contributed by atoms with E-state index >= 15 is 0 Å². The fourth-order valence-corrected chi connectivity index (χ4v) is 3.71. The molecule has 0 aliphatic carbocycles. The van der Waals surface area contributed by atoms with Crippen LogP contribution in [0.25, 0.3) is 0 Å². The molecule has 2 unspecified atom stereocenters. The maximum absolute atomic E-state index is 6.29. The van der Waals surface area contributed by atoms with Crippen LogP contribution < -0.4 is 11.1 Å². The second-order valence-corrected chi connectivity index (χ2v) is 8.76. The second kappa shape index (κ2) is 13.4. The standard InChI is InChI=1S/C20H29Cl2N3S.C2H6/c1-7-9-18(19(22)13(3)21)26-15(5)14(4)25-16(8-2)17-10-11-20(6,23)12-24-17;1-2/h7-9,17,24H,1,5,10-12,23H2,2-4,6H3;1-2H3/b16-8-,18-9+,19-13-,25-14?;. The van der Waals surface area contributed by atoms with Crippen molar-refractivity contribution < 1.29 is 0 Å². The number of nitrogens with zero attached hydrogens (tertiary/aromatic N) is 1. The van der Waals surface area contributed by atoms with Crippen molar-refractivity contribution in [3.8, 4) is 0 Å². The third kappa shape index (κ3) is 9.15. The maximum atomic E-state index is 6.29. The predicted molar refractivity (Wildman–Crippen MR) is 131 cm³/mol.